The number of ether oxygens (including phenoxy) is 1. The second-order valence-electron chi connectivity index (χ2n) is 5.63. The summed E-state index contributed by atoms with van der Waals surface area (Å²) in [5, 5.41) is 7.79. The third kappa shape index (κ3) is 4.94. The van der Waals surface area contributed by atoms with E-state index in [0.29, 0.717) is 18.3 Å². The van der Waals surface area contributed by atoms with Crippen molar-refractivity contribution in [3.63, 3.8) is 0 Å². The number of amides is 1. The van der Waals surface area contributed by atoms with Crippen molar-refractivity contribution in [3.8, 4) is 0 Å². The summed E-state index contributed by atoms with van der Waals surface area (Å²) < 4.78 is 6.73. The Balaban J connectivity index is 2.08. The molecular weight excluding hydrogens is 326 g/mol. The van der Waals surface area contributed by atoms with Crippen LogP contribution in [0.5, 0.6) is 0 Å². The Bertz CT molecular complexity index is 711. The maximum absolute atomic E-state index is 11.9. The van der Waals surface area contributed by atoms with Crippen LogP contribution in [-0.4, -0.2) is 35.4 Å². The second kappa shape index (κ2) is 8.66. The normalized spacial score (nSPS) is 12.5. The van der Waals surface area contributed by atoms with E-state index in [2.05, 4.69) is 10.4 Å². The molecule has 1 amide bonds. The minimum atomic E-state index is -0.189. The zero-order valence-electron chi connectivity index (χ0n) is 14.1. The number of aromatic nitrogens is 2. The molecule has 6 heteroatoms. The minimum absolute atomic E-state index is 0.0514. The highest BCUT2D eigenvalue weighted by molar-refractivity contribution is 6.31. The molecule has 1 aromatic carbocycles. The number of halogens is 1. The maximum Gasteiger partial charge on any atom is 0.244 e. The van der Waals surface area contributed by atoms with Crippen molar-refractivity contribution in [2.24, 2.45) is 0 Å². The first-order chi connectivity index (χ1) is 11.5. The highest BCUT2D eigenvalue weighted by atomic mass is 35.5. The first kappa shape index (κ1) is 18.2. The summed E-state index contributed by atoms with van der Waals surface area (Å²) in [4.78, 5) is 11.9. The molecule has 0 fully saturated rings. The van der Waals surface area contributed by atoms with Crippen LogP contribution in [0.15, 0.2) is 36.4 Å². The average molecular weight is 348 g/mol. The molecule has 1 aromatic heterocycles. The summed E-state index contributed by atoms with van der Waals surface area (Å²) in [7, 11) is 1.60. The van der Waals surface area contributed by atoms with Gasteiger partial charge in [0.15, 0.2) is 0 Å². The lowest BCUT2D eigenvalue weighted by molar-refractivity contribution is -0.117. The largest absolute Gasteiger partial charge is 0.383 e. The minimum Gasteiger partial charge on any atom is -0.383 e. The number of carbonyl (C=O) groups is 1. The molecule has 24 heavy (non-hydrogen) atoms. The molecule has 2 rings (SSSR count). The van der Waals surface area contributed by atoms with Crippen molar-refractivity contribution in [3.05, 3.63) is 58.4 Å². The molecule has 1 N–H and O–H groups in total. The van der Waals surface area contributed by atoms with Gasteiger partial charge >= 0.3 is 0 Å². The summed E-state index contributed by atoms with van der Waals surface area (Å²) >= 11 is 6.42. The maximum atomic E-state index is 11.9. The Hall–Kier alpha value is -2.11. The Kier molecular flexibility index (Phi) is 6.58. The summed E-state index contributed by atoms with van der Waals surface area (Å²) in [5.41, 5.74) is 2.65. The summed E-state index contributed by atoms with van der Waals surface area (Å²) in [6.45, 7) is 4.81. The van der Waals surface area contributed by atoms with Gasteiger partial charge in [0.1, 0.15) is 5.15 Å². The third-order valence-electron chi connectivity index (χ3n) is 3.49. The first-order valence-corrected chi connectivity index (χ1v) is 8.13. The number of carbonyl (C=O) groups excluding carboxylic acids is 1. The third-order valence-corrected chi connectivity index (χ3v) is 3.89. The molecule has 128 valence electrons. The van der Waals surface area contributed by atoms with Gasteiger partial charge in [-0.3, -0.25) is 4.79 Å². The molecule has 0 aliphatic rings. The van der Waals surface area contributed by atoms with Crippen LogP contribution in [0.1, 0.15) is 23.7 Å². The van der Waals surface area contributed by atoms with Crippen LogP contribution in [0.25, 0.3) is 6.08 Å². The summed E-state index contributed by atoms with van der Waals surface area (Å²) in [5.74, 6) is -0.189. The molecular formula is C18H22ClN3O2. The molecule has 0 aliphatic carbocycles. The lowest BCUT2D eigenvalue weighted by atomic mass is 10.2. The van der Waals surface area contributed by atoms with Gasteiger partial charge in [-0.2, -0.15) is 5.10 Å². The van der Waals surface area contributed by atoms with Crippen molar-refractivity contribution < 1.29 is 9.53 Å². The van der Waals surface area contributed by atoms with E-state index in [1.54, 1.807) is 17.9 Å². The number of benzene rings is 1. The van der Waals surface area contributed by atoms with Crippen LogP contribution in [0.3, 0.4) is 0 Å². The number of rotatable bonds is 7. The van der Waals surface area contributed by atoms with E-state index in [-0.39, 0.29) is 11.9 Å². The standard InChI is InChI=1S/C18H22ClN3O2/c1-13(12-24-3)20-17(23)10-9-16-14(2)21-22(18(16)19)11-15-7-5-4-6-8-15/h4-10,13H,11-12H2,1-3H3,(H,20,23)/b10-9+. The SMILES string of the molecule is COCC(C)NC(=O)/C=C/c1c(C)nn(Cc2ccccc2)c1Cl. The monoisotopic (exact) mass is 347 g/mol. The van der Waals surface area contributed by atoms with E-state index in [1.807, 2.05) is 44.2 Å². The van der Waals surface area contributed by atoms with Crippen molar-refractivity contribution in [2.45, 2.75) is 26.4 Å². The molecule has 5 nitrogen and oxygen atoms in total. The smallest absolute Gasteiger partial charge is 0.244 e. The van der Waals surface area contributed by atoms with Gasteiger partial charge in [-0.1, -0.05) is 41.9 Å². The fourth-order valence-corrected chi connectivity index (χ4v) is 2.66. The van der Waals surface area contributed by atoms with Gasteiger partial charge in [0.05, 0.1) is 18.8 Å². The fraction of sp³-hybridized carbons (Fsp3) is 0.333. The van der Waals surface area contributed by atoms with Gasteiger partial charge in [-0.05, 0) is 25.5 Å². The van der Waals surface area contributed by atoms with Gasteiger partial charge in [-0.25, -0.2) is 4.68 Å². The average Bonchev–Trinajstić information content (AvgIpc) is 2.80. The van der Waals surface area contributed by atoms with Crippen LogP contribution in [-0.2, 0) is 16.1 Å². The van der Waals surface area contributed by atoms with Crippen molar-refractivity contribution in [2.75, 3.05) is 13.7 Å². The van der Waals surface area contributed by atoms with Crippen LogP contribution in [0, 0.1) is 6.92 Å². The second-order valence-corrected chi connectivity index (χ2v) is 5.99. The number of hydrogen-bond donors (Lipinski definition) is 1. The number of nitrogens with one attached hydrogen (secondary N) is 1. The predicted molar refractivity (Wildman–Crippen MR) is 96.0 cm³/mol. The van der Waals surface area contributed by atoms with Crippen LogP contribution in [0.4, 0.5) is 0 Å². The summed E-state index contributed by atoms with van der Waals surface area (Å²) in [6.07, 6.45) is 3.16. The molecule has 0 saturated carbocycles. The Morgan fingerprint density at radius 2 is 2.12 bits per heavy atom. The molecule has 0 saturated heterocycles. The highest BCUT2D eigenvalue weighted by Gasteiger charge is 2.12. The van der Waals surface area contributed by atoms with Gasteiger partial charge in [0.25, 0.3) is 0 Å². The molecule has 0 radical (unpaired) electrons. The molecule has 2 aromatic rings. The fourth-order valence-electron chi connectivity index (χ4n) is 2.36. The van der Waals surface area contributed by atoms with E-state index in [1.165, 1.54) is 6.08 Å². The molecule has 0 aliphatic heterocycles. The lowest BCUT2D eigenvalue weighted by Crippen LogP contribution is -2.34. The van der Waals surface area contributed by atoms with Crippen molar-refractivity contribution in [1.29, 1.82) is 0 Å². The lowest BCUT2D eigenvalue weighted by Gasteiger charge is -2.10. The van der Waals surface area contributed by atoms with E-state index >= 15 is 0 Å². The van der Waals surface area contributed by atoms with Gasteiger partial charge in [-0.15, -0.1) is 0 Å². The number of hydrogen-bond acceptors (Lipinski definition) is 3. The van der Waals surface area contributed by atoms with Crippen LogP contribution in [0.2, 0.25) is 5.15 Å². The summed E-state index contributed by atoms with van der Waals surface area (Å²) in [6, 6.07) is 9.92. The predicted octanol–water partition coefficient (Wildman–Crippen LogP) is 3.06. The number of aryl methyl sites for hydroxylation is 1. The molecule has 0 bridgehead atoms. The van der Waals surface area contributed by atoms with E-state index in [4.69, 9.17) is 16.3 Å². The quantitative estimate of drug-likeness (QED) is 0.783. The first-order valence-electron chi connectivity index (χ1n) is 7.75. The Morgan fingerprint density at radius 1 is 1.42 bits per heavy atom. The molecule has 1 heterocycles. The highest BCUT2D eigenvalue weighted by Crippen LogP contribution is 2.22. The molecule has 1 unspecified atom stereocenters. The van der Waals surface area contributed by atoms with E-state index < -0.39 is 0 Å². The van der Waals surface area contributed by atoms with Crippen LogP contribution < -0.4 is 5.32 Å². The Labute approximate surface area is 147 Å². The Morgan fingerprint density at radius 3 is 2.79 bits per heavy atom. The van der Waals surface area contributed by atoms with Gasteiger partial charge in [0.2, 0.25) is 5.91 Å². The van der Waals surface area contributed by atoms with Crippen molar-refractivity contribution in [1.82, 2.24) is 15.1 Å². The van der Waals surface area contributed by atoms with Gasteiger partial charge < -0.3 is 10.1 Å². The number of nitrogens with zero attached hydrogens (tertiary/aromatic N) is 2. The van der Waals surface area contributed by atoms with Crippen molar-refractivity contribution >= 4 is 23.6 Å². The van der Waals surface area contributed by atoms with Crippen LogP contribution >= 0.6 is 11.6 Å². The van der Waals surface area contributed by atoms with E-state index in [9.17, 15) is 4.79 Å². The molecule has 1 atom stereocenters. The topological polar surface area (TPSA) is 56.1 Å². The zero-order chi connectivity index (χ0) is 17.5. The molecule has 0 spiro atoms. The zero-order valence-corrected chi connectivity index (χ0v) is 14.9. The van der Waals surface area contributed by atoms with E-state index in [0.717, 1.165) is 16.8 Å². The van der Waals surface area contributed by atoms with Gasteiger partial charge in [0, 0.05) is 24.8 Å². The number of methoxy groups -OCH3 is 1.